The number of hydrogen-bond donors (Lipinski definition) is 2. The lowest BCUT2D eigenvalue weighted by Crippen LogP contribution is -2.43. The van der Waals surface area contributed by atoms with E-state index in [1.54, 1.807) is 0 Å². The number of rotatable bonds is 10. The number of aliphatic hydroxyl groups is 1. The standard InChI is InChI=1S/C17H35NO/c1-3-4-5-6-7-8-9-14-18-15-17(19)12-10-16(2)11-13-17/h16,18-19H,3-15H2,1-2H3. The van der Waals surface area contributed by atoms with Gasteiger partial charge < -0.3 is 10.4 Å². The van der Waals surface area contributed by atoms with Crippen molar-refractivity contribution in [2.24, 2.45) is 5.92 Å². The number of nitrogens with one attached hydrogen (secondary N) is 1. The van der Waals surface area contributed by atoms with Crippen LogP contribution in [0, 0.1) is 5.92 Å². The van der Waals surface area contributed by atoms with Gasteiger partial charge in [0.15, 0.2) is 0 Å². The smallest absolute Gasteiger partial charge is 0.0771 e. The summed E-state index contributed by atoms with van der Waals surface area (Å²) in [6.45, 7) is 6.44. The van der Waals surface area contributed by atoms with E-state index < -0.39 is 5.60 Å². The summed E-state index contributed by atoms with van der Waals surface area (Å²) < 4.78 is 0. The first-order valence-electron chi connectivity index (χ1n) is 8.59. The van der Waals surface area contributed by atoms with E-state index in [0.717, 1.165) is 31.8 Å². The molecule has 0 radical (unpaired) electrons. The van der Waals surface area contributed by atoms with Crippen molar-refractivity contribution < 1.29 is 5.11 Å². The Balaban J connectivity index is 1.90. The molecule has 1 saturated carbocycles. The Labute approximate surface area is 120 Å². The molecule has 0 atom stereocenters. The van der Waals surface area contributed by atoms with Crippen molar-refractivity contribution in [1.82, 2.24) is 5.32 Å². The van der Waals surface area contributed by atoms with Gasteiger partial charge in [-0.15, -0.1) is 0 Å². The minimum absolute atomic E-state index is 0.409. The van der Waals surface area contributed by atoms with E-state index >= 15 is 0 Å². The zero-order valence-electron chi connectivity index (χ0n) is 13.2. The summed E-state index contributed by atoms with van der Waals surface area (Å²) in [5.41, 5.74) is -0.409. The van der Waals surface area contributed by atoms with Crippen LogP contribution in [0.15, 0.2) is 0 Å². The van der Waals surface area contributed by atoms with Crippen molar-refractivity contribution in [1.29, 1.82) is 0 Å². The van der Waals surface area contributed by atoms with E-state index in [2.05, 4.69) is 19.2 Å². The molecule has 1 fully saturated rings. The monoisotopic (exact) mass is 269 g/mol. The zero-order chi connectivity index (χ0) is 14.0. The van der Waals surface area contributed by atoms with Gasteiger partial charge in [0.2, 0.25) is 0 Å². The Hall–Kier alpha value is -0.0800. The van der Waals surface area contributed by atoms with E-state index in [9.17, 15) is 5.11 Å². The van der Waals surface area contributed by atoms with Crippen molar-refractivity contribution >= 4 is 0 Å². The van der Waals surface area contributed by atoms with Gasteiger partial charge in [0.1, 0.15) is 0 Å². The summed E-state index contributed by atoms with van der Waals surface area (Å²) in [4.78, 5) is 0. The molecule has 0 aromatic heterocycles. The van der Waals surface area contributed by atoms with Gasteiger partial charge in [-0.05, 0) is 44.6 Å². The third-order valence-electron chi connectivity index (χ3n) is 4.62. The van der Waals surface area contributed by atoms with Gasteiger partial charge >= 0.3 is 0 Å². The maximum absolute atomic E-state index is 10.4. The van der Waals surface area contributed by atoms with E-state index in [1.165, 1.54) is 57.8 Å². The lowest BCUT2D eigenvalue weighted by Gasteiger charge is -2.35. The van der Waals surface area contributed by atoms with Gasteiger partial charge in [0, 0.05) is 6.54 Å². The van der Waals surface area contributed by atoms with Gasteiger partial charge in [-0.2, -0.15) is 0 Å². The van der Waals surface area contributed by atoms with Crippen molar-refractivity contribution in [3.63, 3.8) is 0 Å². The molecular weight excluding hydrogens is 234 g/mol. The largest absolute Gasteiger partial charge is 0.389 e. The second-order valence-electron chi connectivity index (χ2n) is 6.70. The maximum atomic E-state index is 10.4. The Bertz CT molecular complexity index is 209. The van der Waals surface area contributed by atoms with Crippen LogP contribution in [0.2, 0.25) is 0 Å². The topological polar surface area (TPSA) is 32.3 Å². The number of hydrogen-bond acceptors (Lipinski definition) is 2. The molecule has 0 saturated heterocycles. The molecule has 114 valence electrons. The van der Waals surface area contributed by atoms with Crippen LogP contribution < -0.4 is 5.32 Å². The molecule has 2 nitrogen and oxygen atoms in total. The molecule has 0 bridgehead atoms. The lowest BCUT2D eigenvalue weighted by atomic mass is 9.79. The third kappa shape index (κ3) is 7.94. The van der Waals surface area contributed by atoms with Gasteiger partial charge in [-0.25, -0.2) is 0 Å². The highest BCUT2D eigenvalue weighted by Crippen LogP contribution is 2.31. The SMILES string of the molecule is CCCCCCCCCNCC1(O)CCC(C)CC1. The van der Waals surface area contributed by atoms with E-state index in [1.807, 2.05) is 0 Å². The fourth-order valence-corrected chi connectivity index (χ4v) is 3.00. The summed E-state index contributed by atoms with van der Waals surface area (Å²) in [6.07, 6.45) is 13.9. The van der Waals surface area contributed by atoms with Crippen molar-refractivity contribution in [3.05, 3.63) is 0 Å². The molecule has 0 heterocycles. The third-order valence-corrected chi connectivity index (χ3v) is 4.62. The highest BCUT2D eigenvalue weighted by Gasteiger charge is 2.30. The van der Waals surface area contributed by atoms with Crippen molar-refractivity contribution in [3.8, 4) is 0 Å². The molecule has 0 aromatic rings. The van der Waals surface area contributed by atoms with E-state index in [-0.39, 0.29) is 0 Å². The van der Waals surface area contributed by atoms with Crippen LogP contribution in [0.25, 0.3) is 0 Å². The molecule has 0 unspecified atom stereocenters. The molecular formula is C17H35NO. The van der Waals surface area contributed by atoms with Crippen LogP contribution in [-0.2, 0) is 0 Å². The molecule has 1 aliphatic carbocycles. The predicted molar refractivity (Wildman–Crippen MR) is 83.4 cm³/mol. The van der Waals surface area contributed by atoms with Gasteiger partial charge in [-0.1, -0.05) is 52.4 Å². The Morgan fingerprint density at radius 1 is 1.00 bits per heavy atom. The summed E-state index contributed by atoms with van der Waals surface area (Å²) in [7, 11) is 0. The molecule has 2 heteroatoms. The van der Waals surface area contributed by atoms with Gasteiger partial charge in [-0.3, -0.25) is 0 Å². The second-order valence-corrected chi connectivity index (χ2v) is 6.70. The Morgan fingerprint density at radius 2 is 1.58 bits per heavy atom. The molecule has 0 amide bonds. The van der Waals surface area contributed by atoms with Crippen LogP contribution in [-0.4, -0.2) is 23.8 Å². The highest BCUT2D eigenvalue weighted by molar-refractivity contribution is 4.86. The van der Waals surface area contributed by atoms with Crippen LogP contribution in [0.4, 0.5) is 0 Å². The van der Waals surface area contributed by atoms with Gasteiger partial charge in [0.05, 0.1) is 5.60 Å². The molecule has 1 aliphatic rings. The lowest BCUT2D eigenvalue weighted by molar-refractivity contribution is -0.00595. The van der Waals surface area contributed by atoms with E-state index in [0.29, 0.717) is 0 Å². The molecule has 0 aromatic carbocycles. The van der Waals surface area contributed by atoms with Crippen LogP contribution in [0.1, 0.15) is 84.5 Å². The van der Waals surface area contributed by atoms with Gasteiger partial charge in [0.25, 0.3) is 0 Å². The Morgan fingerprint density at radius 3 is 2.21 bits per heavy atom. The van der Waals surface area contributed by atoms with E-state index in [4.69, 9.17) is 0 Å². The normalized spacial score (nSPS) is 27.6. The summed E-state index contributed by atoms with van der Waals surface area (Å²) >= 11 is 0. The van der Waals surface area contributed by atoms with Crippen molar-refractivity contribution in [2.75, 3.05) is 13.1 Å². The minimum Gasteiger partial charge on any atom is -0.389 e. The average Bonchev–Trinajstić information content (AvgIpc) is 2.41. The number of unbranched alkanes of at least 4 members (excludes halogenated alkanes) is 6. The summed E-state index contributed by atoms with van der Waals surface area (Å²) in [5.74, 6) is 0.809. The first kappa shape index (κ1) is 17.0. The summed E-state index contributed by atoms with van der Waals surface area (Å²) in [5, 5.41) is 13.9. The first-order valence-corrected chi connectivity index (χ1v) is 8.59. The van der Waals surface area contributed by atoms with Crippen LogP contribution in [0.3, 0.4) is 0 Å². The average molecular weight is 269 g/mol. The highest BCUT2D eigenvalue weighted by atomic mass is 16.3. The molecule has 2 N–H and O–H groups in total. The molecule has 19 heavy (non-hydrogen) atoms. The fourth-order valence-electron chi connectivity index (χ4n) is 3.00. The quantitative estimate of drug-likeness (QED) is 0.581. The maximum Gasteiger partial charge on any atom is 0.0771 e. The molecule has 0 aliphatic heterocycles. The molecule has 0 spiro atoms. The molecule has 1 rings (SSSR count). The minimum atomic E-state index is -0.409. The predicted octanol–water partition coefficient (Wildman–Crippen LogP) is 4.27. The van der Waals surface area contributed by atoms with Crippen LogP contribution in [0.5, 0.6) is 0 Å². The van der Waals surface area contributed by atoms with Crippen LogP contribution >= 0.6 is 0 Å². The fraction of sp³-hybridized carbons (Fsp3) is 1.00. The zero-order valence-corrected chi connectivity index (χ0v) is 13.2. The van der Waals surface area contributed by atoms with Crippen molar-refractivity contribution in [2.45, 2.75) is 90.1 Å². The first-order chi connectivity index (χ1) is 9.16. The summed E-state index contributed by atoms with van der Waals surface area (Å²) in [6, 6.07) is 0. The second kappa shape index (κ2) is 9.77. The Kier molecular flexibility index (Phi) is 8.72.